The molecular weight excluding hydrogens is 194 g/mol. The van der Waals surface area contributed by atoms with Crippen molar-refractivity contribution in [2.75, 3.05) is 13.2 Å². The minimum Gasteiger partial charge on any atom is -0.348 e. The summed E-state index contributed by atoms with van der Waals surface area (Å²) in [5.74, 6) is -0.178. The maximum Gasteiger partial charge on any atom is 0.230 e. The van der Waals surface area contributed by atoms with E-state index in [1.54, 1.807) is 0 Å². The Morgan fingerprint density at radius 2 is 2.27 bits per heavy atom. The number of fused-ring (bicyclic) bond motifs is 1. The first-order chi connectivity index (χ1) is 7.08. The van der Waals surface area contributed by atoms with Gasteiger partial charge in [0.2, 0.25) is 5.91 Å². The van der Waals surface area contributed by atoms with Crippen molar-refractivity contribution in [1.82, 2.24) is 4.90 Å². The van der Waals surface area contributed by atoms with Gasteiger partial charge in [0.15, 0.2) is 5.79 Å². The Morgan fingerprint density at radius 1 is 1.47 bits per heavy atom. The molecular formula is C11H17NO3. The Labute approximate surface area is 89.5 Å². The molecule has 84 valence electrons. The molecule has 0 aromatic rings. The van der Waals surface area contributed by atoms with Crippen LogP contribution < -0.4 is 0 Å². The fraction of sp³-hybridized carbons (Fsp3) is 0.909. The average Bonchev–Trinajstić information content (AvgIpc) is 2.71. The topological polar surface area (TPSA) is 38.8 Å². The number of carbonyl (C=O) groups is 1. The fourth-order valence-electron chi connectivity index (χ4n) is 3.01. The first-order valence-corrected chi connectivity index (χ1v) is 5.71. The summed E-state index contributed by atoms with van der Waals surface area (Å²) in [6.45, 7) is 5.32. The normalized spacial score (nSPS) is 42.9. The summed E-state index contributed by atoms with van der Waals surface area (Å²) >= 11 is 0. The van der Waals surface area contributed by atoms with Crippen LogP contribution in [0.1, 0.15) is 26.7 Å². The lowest BCUT2D eigenvalue weighted by molar-refractivity contribution is -0.174. The largest absolute Gasteiger partial charge is 0.348 e. The molecule has 0 spiro atoms. The van der Waals surface area contributed by atoms with Crippen LogP contribution in [0.5, 0.6) is 0 Å². The summed E-state index contributed by atoms with van der Waals surface area (Å²) in [6, 6.07) is 0.431. The second-order valence-corrected chi connectivity index (χ2v) is 5.13. The third-order valence-electron chi connectivity index (χ3n) is 3.71. The van der Waals surface area contributed by atoms with Crippen molar-refractivity contribution in [3.8, 4) is 0 Å². The molecule has 0 aliphatic carbocycles. The van der Waals surface area contributed by atoms with Gasteiger partial charge >= 0.3 is 0 Å². The minimum absolute atomic E-state index is 0.0214. The standard InChI is InChI=1S/C11H17NO3/c1-11(2)14-6-8(15-11)9-7-4-3-5-12(7)10(9)13/h7-9H,3-6H2,1-2H3/t7-,8+,9-/m0/s1. The van der Waals surface area contributed by atoms with Gasteiger partial charge in [0, 0.05) is 12.6 Å². The smallest absolute Gasteiger partial charge is 0.230 e. The molecule has 3 atom stereocenters. The summed E-state index contributed by atoms with van der Waals surface area (Å²) in [5, 5.41) is 0. The van der Waals surface area contributed by atoms with E-state index in [1.165, 1.54) is 0 Å². The van der Waals surface area contributed by atoms with Crippen LogP contribution in [-0.2, 0) is 14.3 Å². The second kappa shape index (κ2) is 2.95. The average molecular weight is 211 g/mol. The highest BCUT2D eigenvalue weighted by Crippen LogP contribution is 2.41. The van der Waals surface area contributed by atoms with Gasteiger partial charge in [0.25, 0.3) is 0 Å². The van der Waals surface area contributed by atoms with E-state index in [1.807, 2.05) is 18.7 Å². The highest BCUT2D eigenvalue weighted by Gasteiger charge is 2.55. The summed E-state index contributed by atoms with van der Waals surface area (Å²) < 4.78 is 11.3. The van der Waals surface area contributed by atoms with E-state index in [0.717, 1.165) is 19.4 Å². The molecule has 3 rings (SSSR count). The number of nitrogens with zero attached hydrogens (tertiary/aromatic N) is 1. The van der Waals surface area contributed by atoms with Crippen molar-refractivity contribution < 1.29 is 14.3 Å². The van der Waals surface area contributed by atoms with E-state index < -0.39 is 5.79 Å². The number of rotatable bonds is 1. The van der Waals surface area contributed by atoms with Gasteiger partial charge < -0.3 is 14.4 Å². The molecule has 0 saturated carbocycles. The van der Waals surface area contributed by atoms with Crippen molar-refractivity contribution in [1.29, 1.82) is 0 Å². The van der Waals surface area contributed by atoms with Crippen LogP contribution in [0.2, 0.25) is 0 Å². The number of β-lactam (4-membered cyclic amide) rings is 1. The van der Waals surface area contributed by atoms with E-state index in [2.05, 4.69) is 0 Å². The first kappa shape index (κ1) is 9.60. The molecule has 3 aliphatic heterocycles. The monoisotopic (exact) mass is 211 g/mol. The summed E-state index contributed by atoms with van der Waals surface area (Å²) in [5.41, 5.74) is 0. The minimum atomic E-state index is -0.510. The Balaban J connectivity index is 1.71. The zero-order chi connectivity index (χ0) is 10.6. The Hall–Kier alpha value is -0.610. The maximum absolute atomic E-state index is 11.8. The fourth-order valence-corrected chi connectivity index (χ4v) is 3.01. The number of ether oxygens (including phenoxy) is 2. The third kappa shape index (κ3) is 1.31. The van der Waals surface area contributed by atoms with Crippen molar-refractivity contribution in [2.45, 2.75) is 44.6 Å². The van der Waals surface area contributed by atoms with Crippen LogP contribution in [-0.4, -0.2) is 41.9 Å². The van der Waals surface area contributed by atoms with Gasteiger partial charge in [0.1, 0.15) is 0 Å². The predicted octanol–water partition coefficient (Wildman–Crippen LogP) is 0.759. The molecule has 0 unspecified atom stereocenters. The lowest BCUT2D eigenvalue weighted by Gasteiger charge is -2.44. The van der Waals surface area contributed by atoms with Crippen LogP contribution in [0.4, 0.5) is 0 Å². The number of amides is 1. The van der Waals surface area contributed by atoms with E-state index in [0.29, 0.717) is 12.6 Å². The molecule has 3 saturated heterocycles. The summed E-state index contributed by atoms with van der Waals surface area (Å²) in [4.78, 5) is 13.8. The van der Waals surface area contributed by atoms with Gasteiger partial charge in [-0.05, 0) is 26.7 Å². The molecule has 3 heterocycles. The predicted molar refractivity (Wildman–Crippen MR) is 53.1 cm³/mol. The van der Waals surface area contributed by atoms with Gasteiger partial charge in [-0.25, -0.2) is 0 Å². The van der Waals surface area contributed by atoms with Crippen molar-refractivity contribution >= 4 is 5.91 Å². The van der Waals surface area contributed by atoms with Crippen LogP contribution in [0.25, 0.3) is 0 Å². The molecule has 3 aliphatic rings. The summed E-state index contributed by atoms with van der Waals surface area (Å²) in [7, 11) is 0. The molecule has 4 heteroatoms. The van der Waals surface area contributed by atoms with E-state index >= 15 is 0 Å². The second-order valence-electron chi connectivity index (χ2n) is 5.13. The Bertz CT molecular complexity index is 302. The van der Waals surface area contributed by atoms with Gasteiger partial charge in [-0.2, -0.15) is 0 Å². The lowest BCUT2D eigenvalue weighted by Crippen LogP contribution is -2.62. The van der Waals surface area contributed by atoms with E-state index in [-0.39, 0.29) is 17.9 Å². The molecule has 0 N–H and O–H groups in total. The van der Waals surface area contributed by atoms with Crippen molar-refractivity contribution in [3.63, 3.8) is 0 Å². The van der Waals surface area contributed by atoms with Gasteiger partial charge in [-0.3, -0.25) is 4.79 Å². The number of hydrogen-bond acceptors (Lipinski definition) is 3. The zero-order valence-electron chi connectivity index (χ0n) is 9.23. The zero-order valence-corrected chi connectivity index (χ0v) is 9.23. The molecule has 0 aromatic heterocycles. The quantitative estimate of drug-likeness (QED) is 0.601. The first-order valence-electron chi connectivity index (χ1n) is 5.71. The molecule has 0 bridgehead atoms. The SMILES string of the molecule is CC1(C)OC[C@H]([C@H]2C(=O)N3CCC[C@@H]23)O1. The molecule has 0 radical (unpaired) electrons. The molecule has 0 aromatic carbocycles. The lowest BCUT2D eigenvalue weighted by atomic mass is 9.84. The van der Waals surface area contributed by atoms with E-state index in [4.69, 9.17) is 9.47 Å². The van der Waals surface area contributed by atoms with Gasteiger partial charge in [0.05, 0.1) is 18.6 Å². The third-order valence-corrected chi connectivity index (χ3v) is 3.71. The Kier molecular flexibility index (Phi) is 1.89. The number of carbonyl (C=O) groups excluding carboxylic acids is 1. The van der Waals surface area contributed by atoms with Crippen LogP contribution >= 0.6 is 0 Å². The molecule has 3 fully saturated rings. The molecule has 1 amide bonds. The van der Waals surface area contributed by atoms with Crippen LogP contribution in [0.15, 0.2) is 0 Å². The van der Waals surface area contributed by atoms with Crippen molar-refractivity contribution in [3.05, 3.63) is 0 Å². The van der Waals surface area contributed by atoms with Crippen LogP contribution in [0.3, 0.4) is 0 Å². The maximum atomic E-state index is 11.8. The van der Waals surface area contributed by atoms with Crippen molar-refractivity contribution in [2.24, 2.45) is 5.92 Å². The molecule has 15 heavy (non-hydrogen) atoms. The Morgan fingerprint density at radius 3 is 2.93 bits per heavy atom. The van der Waals surface area contributed by atoms with Crippen LogP contribution in [0, 0.1) is 5.92 Å². The number of hydrogen-bond donors (Lipinski definition) is 0. The van der Waals surface area contributed by atoms with Gasteiger partial charge in [-0.1, -0.05) is 0 Å². The highest BCUT2D eigenvalue weighted by molar-refractivity contribution is 5.87. The summed E-state index contributed by atoms with van der Waals surface area (Å²) in [6.07, 6.45) is 2.26. The molecule has 4 nitrogen and oxygen atoms in total. The van der Waals surface area contributed by atoms with Gasteiger partial charge in [-0.15, -0.1) is 0 Å². The highest BCUT2D eigenvalue weighted by atomic mass is 16.7. The van der Waals surface area contributed by atoms with E-state index in [9.17, 15) is 4.79 Å².